The van der Waals surface area contributed by atoms with E-state index in [1.54, 1.807) is 5.57 Å². The number of rotatable bonds is 5. The van der Waals surface area contributed by atoms with Crippen LogP contribution in [0.5, 0.6) is 0 Å². The van der Waals surface area contributed by atoms with E-state index in [4.69, 9.17) is 6.42 Å². The number of hydrogen-bond acceptors (Lipinski definition) is 1. The van der Waals surface area contributed by atoms with Crippen LogP contribution in [0.2, 0.25) is 0 Å². The molecule has 0 saturated heterocycles. The molecule has 4 rings (SSSR count). The summed E-state index contributed by atoms with van der Waals surface area (Å²) in [5.41, 5.74) is 2.53. The smallest absolute Gasteiger partial charge is 0.0577 e. The summed E-state index contributed by atoms with van der Waals surface area (Å²) in [7, 11) is 0. The zero-order valence-electron chi connectivity index (χ0n) is 19.4. The molecular formula is C28H44O. The molecule has 0 heterocycles. The van der Waals surface area contributed by atoms with E-state index in [9.17, 15) is 5.11 Å². The van der Waals surface area contributed by atoms with Gasteiger partial charge in [0.05, 0.1) is 6.10 Å². The lowest BCUT2D eigenvalue weighted by Crippen LogP contribution is -2.50. The highest BCUT2D eigenvalue weighted by molar-refractivity contribution is 5.25. The standard InChI is InChI=1S/C28H44O/c1-6-19(2)8-7-9-20(3)24-12-13-25-23-11-10-21-18-22(29)14-16-27(21,4)26(23)15-17-28(24,25)5/h1,10,19-20,22-26,29H,7-9,11-18H2,2-5H3/t19-,20+,22?,23-,24+,25-,26-,27-,28+/m0/s1. The van der Waals surface area contributed by atoms with E-state index in [1.807, 2.05) is 0 Å². The second kappa shape index (κ2) is 8.07. The van der Waals surface area contributed by atoms with Gasteiger partial charge in [0.15, 0.2) is 0 Å². The van der Waals surface area contributed by atoms with Gasteiger partial charge in [0.2, 0.25) is 0 Å². The number of terminal acetylenes is 1. The first kappa shape index (κ1) is 21.5. The highest BCUT2D eigenvalue weighted by Gasteiger charge is 2.59. The van der Waals surface area contributed by atoms with Gasteiger partial charge < -0.3 is 5.11 Å². The number of hydrogen-bond donors (Lipinski definition) is 1. The topological polar surface area (TPSA) is 20.2 Å². The van der Waals surface area contributed by atoms with Crippen molar-refractivity contribution in [3.63, 3.8) is 0 Å². The third-order valence-corrected chi connectivity index (χ3v) is 10.4. The molecule has 0 radical (unpaired) electrons. The minimum Gasteiger partial charge on any atom is -0.393 e. The Hall–Kier alpha value is -0.740. The van der Waals surface area contributed by atoms with Crippen molar-refractivity contribution in [2.75, 3.05) is 0 Å². The Bertz CT molecular complexity index is 670. The minimum atomic E-state index is -0.0892. The van der Waals surface area contributed by atoms with E-state index in [-0.39, 0.29) is 6.10 Å². The molecule has 1 unspecified atom stereocenters. The van der Waals surface area contributed by atoms with E-state index in [0.717, 1.165) is 42.4 Å². The highest BCUT2D eigenvalue weighted by Crippen LogP contribution is 2.67. The molecule has 0 aromatic rings. The summed E-state index contributed by atoms with van der Waals surface area (Å²) < 4.78 is 0. The fraction of sp³-hybridized carbons (Fsp3) is 0.857. The largest absolute Gasteiger partial charge is 0.393 e. The van der Waals surface area contributed by atoms with Crippen molar-refractivity contribution in [2.45, 2.75) is 104 Å². The van der Waals surface area contributed by atoms with Crippen molar-refractivity contribution in [3.05, 3.63) is 11.6 Å². The lowest BCUT2D eigenvalue weighted by molar-refractivity contribution is -0.0572. The molecule has 9 atom stereocenters. The lowest BCUT2D eigenvalue weighted by atomic mass is 9.47. The third kappa shape index (κ3) is 3.63. The van der Waals surface area contributed by atoms with Crippen LogP contribution in [-0.2, 0) is 0 Å². The van der Waals surface area contributed by atoms with Gasteiger partial charge in [0.25, 0.3) is 0 Å². The molecule has 162 valence electrons. The molecule has 4 aliphatic rings. The third-order valence-electron chi connectivity index (χ3n) is 10.4. The summed E-state index contributed by atoms with van der Waals surface area (Å²) in [5.74, 6) is 7.73. The Kier molecular flexibility index (Phi) is 5.98. The quantitative estimate of drug-likeness (QED) is 0.392. The molecule has 0 aromatic carbocycles. The van der Waals surface area contributed by atoms with Crippen molar-refractivity contribution in [3.8, 4) is 12.3 Å². The van der Waals surface area contributed by atoms with Gasteiger partial charge in [-0.2, -0.15) is 0 Å². The molecule has 1 heteroatoms. The molecule has 1 nitrogen and oxygen atoms in total. The predicted molar refractivity (Wildman–Crippen MR) is 122 cm³/mol. The van der Waals surface area contributed by atoms with Crippen molar-refractivity contribution >= 4 is 0 Å². The molecule has 29 heavy (non-hydrogen) atoms. The molecule has 0 aromatic heterocycles. The number of aliphatic hydroxyl groups is 1. The van der Waals surface area contributed by atoms with Gasteiger partial charge in [-0.15, -0.1) is 12.3 Å². The van der Waals surface area contributed by atoms with Crippen LogP contribution in [0.25, 0.3) is 0 Å². The van der Waals surface area contributed by atoms with Crippen LogP contribution in [-0.4, -0.2) is 11.2 Å². The monoisotopic (exact) mass is 396 g/mol. The lowest BCUT2D eigenvalue weighted by Gasteiger charge is -2.58. The average Bonchev–Trinajstić information content (AvgIpc) is 3.05. The van der Waals surface area contributed by atoms with Crippen molar-refractivity contribution in [2.24, 2.45) is 46.3 Å². The summed E-state index contributed by atoms with van der Waals surface area (Å²) >= 11 is 0. The van der Waals surface area contributed by atoms with Crippen LogP contribution in [0.1, 0.15) is 98.3 Å². The Morgan fingerprint density at radius 3 is 2.66 bits per heavy atom. The minimum absolute atomic E-state index is 0.0892. The zero-order valence-corrected chi connectivity index (χ0v) is 19.4. The van der Waals surface area contributed by atoms with Crippen LogP contribution >= 0.6 is 0 Å². The molecule has 0 amide bonds. The van der Waals surface area contributed by atoms with Crippen LogP contribution < -0.4 is 0 Å². The number of fused-ring (bicyclic) bond motifs is 5. The molecule has 1 N–H and O–H groups in total. The van der Waals surface area contributed by atoms with Gasteiger partial charge in [-0.1, -0.05) is 52.2 Å². The molecule has 0 bridgehead atoms. The maximum Gasteiger partial charge on any atom is 0.0577 e. The summed E-state index contributed by atoms with van der Waals surface area (Å²) in [5, 5.41) is 10.2. The second-order valence-corrected chi connectivity index (χ2v) is 11.9. The summed E-state index contributed by atoms with van der Waals surface area (Å²) in [4.78, 5) is 0. The Labute approximate surface area is 180 Å². The van der Waals surface area contributed by atoms with Gasteiger partial charge in [-0.3, -0.25) is 0 Å². The first-order chi connectivity index (χ1) is 13.8. The van der Waals surface area contributed by atoms with Gasteiger partial charge in [0.1, 0.15) is 0 Å². The van der Waals surface area contributed by atoms with Crippen LogP contribution in [0.15, 0.2) is 11.6 Å². The van der Waals surface area contributed by atoms with E-state index >= 15 is 0 Å². The van der Waals surface area contributed by atoms with Crippen molar-refractivity contribution in [1.82, 2.24) is 0 Å². The maximum atomic E-state index is 10.2. The number of aliphatic hydroxyl groups excluding tert-OH is 1. The van der Waals surface area contributed by atoms with Gasteiger partial charge in [-0.25, -0.2) is 0 Å². The highest BCUT2D eigenvalue weighted by atomic mass is 16.3. The van der Waals surface area contributed by atoms with Crippen molar-refractivity contribution in [1.29, 1.82) is 0 Å². The molecule has 3 saturated carbocycles. The van der Waals surface area contributed by atoms with Gasteiger partial charge in [-0.05, 0) is 98.2 Å². The normalized spacial score (nSPS) is 45.9. The first-order valence-corrected chi connectivity index (χ1v) is 12.6. The van der Waals surface area contributed by atoms with E-state index in [1.165, 1.54) is 57.8 Å². The first-order valence-electron chi connectivity index (χ1n) is 12.6. The van der Waals surface area contributed by atoms with Crippen LogP contribution in [0.3, 0.4) is 0 Å². The number of allylic oxidation sites excluding steroid dienone is 1. The molecule has 0 aliphatic heterocycles. The van der Waals surface area contributed by atoms with E-state index < -0.39 is 0 Å². The summed E-state index contributed by atoms with van der Waals surface area (Å²) in [6, 6.07) is 0. The maximum absolute atomic E-state index is 10.2. The molecular weight excluding hydrogens is 352 g/mol. The fourth-order valence-electron chi connectivity index (χ4n) is 8.65. The molecule has 3 fully saturated rings. The summed E-state index contributed by atoms with van der Waals surface area (Å²) in [6.45, 7) is 9.94. The van der Waals surface area contributed by atoms with Gasteiger partial charge in [0, 0.05) is 5.92 Å². The Morgan fingerprint density at radius 1 is 1.10 bits per heavy atom. The van der Waals surface area contributed by atoms with Crippen LogP contribution in [0.4, 0.5) is 0 Å². The second-order valence-electron chi connectivity index (χ2n) is 11.9. The van der Waals surface area contributed by atoms with E-state index in [2.05, 4.69) is 39.7 Å². The molecule has 4 aliphatic carbocycles. The van der Waals surface area contributed by atoms with Crippen molar-refractivity contribution < 1.29 is 5.11 Å². The zero-order chi connectivity index (χ0) is 20.8. The predicted octanol–water partition coefficient (Wildman–Crippen LogP) is 7.00. The molecule has 0 spiro atoms. The Morgan fingerprint density at radius 2 is 1.90 bits per heavy atom. The summed E-state index contributed by atoms with van der Waals surface area (Å²) in [6.07, 6.45) is 22.1. The fourth-order valence-corrected chi connectivity index (χ4v) is 8.65. The Balaban J connectivity index is 1.47. The average molecular weight is 397 g/mol. The SMILES string of the molecule is C#C[C@H](C)CCC[C@@H](C)[C@H]1CC[C@H]2[C@@H]3CC=C4CC(O)CC[C@]4(C)[C@H]3CC[C@]12C. The van der Waals surface area contributed by atoms with Crippen LogP contribution in [0, 0.1) is 58.7 Å². The van der Waals surface area contributed by atoms with E-state index in [0.29, 0.717) is 16.7 Å². The van der Waals surface area contributed by atoms with Gasteiger partial charge >= 0.3 is 0 Å².